The highest BCUT2D eigenvalue weighted by atomic mass is 32.2. The van der Waals surface area contributed by atoms with Crippen molar-refractivity contribution in [1.29, 1.82) is 0 Å². The second kappa shape index (κ2) is 4.55. The third kappa shape index (κ3) is 2.23. The van der Waals surface area contributed by atoms with E-state index in [0.29, 0.717) is 6.04 Å². The molecule has 88 valence electrons. The Hall–Kier alpha value is -1.26. The van der Waals surface area contributed by atoms with Gasteiger partial charge in [0.05, 0.1) is 5.69 Å². The van der Waals surface area contributed by atoms with Crippen LogP contribution in [0.15, 0.2) is 39.8 Å². The number of thioether (sulfide) groups is 1. The lowest BCUT2D eigenvalue weighted by molar-refractivity contribution is 0.386. The van der Waals surface area contributed by atoms with Gasteiger partial charge in [-0.1, -0.05) is 23.4 Å². The first-order valence-corrected chi connectivity index (χ1v) is 6.69. The van der Waals surface area contributed by atoms with Crippen molar-refractivity contribution in [2.24, 2.45) is 0 Å². The van der Waals surface area contributed by atoms with Gasteiger partial charge in [-0.15, -0.1) is 11.8 Å². The molecule has 0 saturated heterocycles. The van der Waals surface area contributed by atoms with Gasteiger partial charge in [-0.2, -0.15) is 0 Å². The van der Waals surface area contributed by atoms with Gasteiger partial charge in [0.15, 0.2) is 0 Å². The van der Waals surface area contributed by atoms with Crippen molar-refractivity contribution in [3.63, 3.8) is 0 Å². The summed E-state index contributed by atoms with van der Waals surface area (Å²) in [4.78, 5) is 1.39. The van der Waals surface area contributed by atoms with Gasteiger partial charge in [0.1, 0.15) is 5.76 Å². The second-order valence-corrected chi connectivity index (χ2v) is 5.27. The van der Waals surface area contributed by atoms with Crippen LogP contribution in [0.5, 0.6) is 0 Å². The molecule has 0 fully saturated rings. The third-order valence-corrected chi connectivity index (χ3v) is 4.09. The van der Waals surface area contributed by atoms with E-state index < -0.39 is 0 Å². The highest BCUT2D eigenvalue weighted by Crippen LogP contribution is 2.37. The van der Waals surface area contributed by atoms with Crippen molar-refractivity contribution >= 4 is 11.8 Å². The molecule has 17 heavy (non-hydrogen) atoms. The molecular weight excluding hydrogens is 232 g/mol. The Morgan fingerprint density at radius 1 is 1.47 bits per heavy atom. The summed E-state index contributed by atoms with van der Waals surface area (Å²) in [5.74, 6) is 1.96. The Labute approximate surface area is 105 Å². The zero-order valence-electron chi connectivity index (χ0n) is 9.64. The number of hydrogen-bond acceptors (Lipinski definition) is 4. The molecule has 1 aliphatic heterocycles. The zero-order valence-corrected chi connectivity index (χ0v) is 10.5. The molecule has 2 aromatic rings. The maximum atomic E-state index is 5.05. The SMILES string of the molecule is Cc1cc(CNC2CSc3ccccc32)no1. The quantitative estimate of drug-likeness (QED) is 0.903. The van der Waals surface area contributed by atoms with Gasteiger partial charge in [0.25, 0.3) is 0 Å². The summed E-state index contributed by atoms with van der Waals surface area (Å²) in [6.07, 6.45) is 0. The van der Waals surface area contributed by atoms with Crippen molar-refractivity contribution in [1.82, 2.24) is 10.5 Å². The van der Waals surface area contributed by atoms with Gasteiger partial charge >= 0.3 is 0 Å². The van der Waals surface area contributed by atoms with E-state index >= 15 is 0 Å². The molecule has 0 bridgehead atoms. The van der Waals surface area contributed by atoms with E-state index in [9.17, 15) is 0 Å². The van der Waals surface area contributed by atoms with Gasteiger partial charge in [0.2, 0.25) is 0 Å². The largest absolute Gasteiger partial charge is 0.361 e. The van der Waals surface area contributed by atoms with E-state index in [4.69, 9.17) is 4.52 Å². The fraction of sp³-hybridized carbons (Fsp3) is 0.308. The van der Waals surface area contributed by atoms with Gasteiger partial charge in [-0.05, 0) is 18.6 Å². The Morgan fingerprint density at radius 3 is 3.18 bits per heavy atom. The molecule has 0 radical (unpaired) electrons. The number of hydrogen-bond donors (Lipinski definition) is 1. The molecule has 0 aliphatic carbocycles. The average Bonchev–Trinajstić information content (AvgIpc) is 2.93. The number of rotatable bonds is 3. The molecule has 0 saturated carbocycles. The average molecular weight is 246 g/mol. The van der Waals surface area contributed by atoms with Crippen molar-refractivity contribution in [2.75, 3.05) is 5.75 Å². The number of aromatic nitrogens is 1. The van der Waals surface area contributed by atoms with Gasteiger partial charge < -0.3 is 9.84 Å². The second-order valence-electron chi connectivity index (χ2n) is 4.21. The highest BCUT2D eigenvalue weighted by Gasteiger charge is 2.22. The molecule has 3 rings (SSSR count). The third-order valence-electron chi connectivity index (χ3n) is 2.91. The first-order valence-electron chi connectivity index (χ1n) is 5.70. The molecule has 4 heteroatoms. The molecule has 1 unspecified atom stereocenters. The van der Waals surface area contributed by atoms with E-state index in [1.165, 1.54) is 10.5 Å². The molecule has 1 N–H and O–H groups in total. The number of fused-ring (bicyclic) bond motifs is 1. The van der Waals surface area contributed by atoms with Gasteiger partial charge in [-0.25, -0.2) is 0 Å². The predicted octanol–water partition coefficient (Wildman–Crippen LogP) is 2.92. The van der Waals surface area contributed by atoms with Gasteiger partial charge in [-0.3, -0.25) is 0 Å². The van der Waals surface area contributed by atoms with E-state index in [1.807, 2.05) is 24.8 Å². The lowest BCUT2D eigenvalue weighted by Gasteiger charge is -2.11. The minimum absolute atomic E-state index is 0.424. The van der Waals surface area contributed by atoms with Crippen molar-refractivity contribution in [3.05, 3.63) is 47.3 Å². The van der Waals surface area contributed by atoms with Crippen LogP contribution in [0.2, 0.25) is 0 Å². The molecule has 1 aromatic heterocycles. The molecule has 1 atom stereocenters. The van der Waals surface area contributed by atoms with Gasteiger partial charge in [0, 0.05) is 29.3 Å². The summed E-state index contributed by atoms with van der Waals surface area (Å²) < 4.78 is 5.05. The number of benzene rings is 1. The maximum Gasteiger partial charge on any atom is 0.133 e. The van der Waals surface area contributed by atoms with Crippen molar-refractivity contribution in [2.45, 2.75) is 24.4 Å². The zero-order chi connectivity index (χ0) is 11.7. The molecule has 0 amide bonds. The topological polar surface area (TPSA) is 38.1 Å². The van der Waals surface area contributed by atoms with E-state index in [1.54, 1.807) is 0 Å². The van der Waals surface area contributed by atoms with Crippen LogP contribution < -0.4 is 5.32 Å². The maximum absolute atomic E-state index is 5.05. The monoisotopic (exact) mass is 246 g/mol. The lowest BCUT2D eigenvalue weighted by Crippen LogP contribution is -2.20. The number of nitrogens with one attached hydrogen (secondary N) is 1. The normalized spacial score (nSPS) is 18.3. The molecular formula is C13H14N2OS. The first-order chi connectivity index (χ1) is 8.33. The standard InChI is InChI=1S/C13H14N2OS/c1-9-6-10(15-16-9)7-14-12-8-17-13-5-3-2-4-11(12)13/h2-6,12,14H,7-8H2,1H3. The molecule has 1 aliphatic rings. The first kappa shape index (κ1) is 10.9. The summed E-state index contributed by atoms with van der Waals surface area (Å²) in [5, 5.41) is 7.51. The van der Waals surface area contributed by atoms with E-state index in [2.05, 4.69) is 34.7 Å². The molecule has 1 aromatic carbocycles. The van der Waals surface area contributed by atoms with E-state index in [-0.39, 0.29) is 0 Å². The van der Waals surface area contributed by atoms with Crippen LogP contribution in [-0.2, 0) is 6.54 Å². The molecule has 2 heterocycles. The van der Waals surface area contributed by atoms with Crippen LogP contribution in [0.3, 0.4) is 0 Å². The van der Waals surface area contributed by atoms with Crippen LogP contribution in [0, 0.1) is 6.92 Å². The van der Waals surface area contributed by atoms with Crippen LogP contribution >= 0.6 is 11.8 Å². The predicted molar refractivity (Wildman–Crippen MR) is 68.0 cm³/mol. The minimum Gasteiger partial charge on any atom is -0.361 e. The summed E-state index contributed by atoms with van der Waals surface area (Å²) in [6, 6.07) is 11.0. The van der Waals surface area contributed by atoms with Crippen LogP contribution in [0.25, 0.3) is 0 Å². The van der Waals surface area contributed by atoms with Crippen LogP contribution in [0.4, 0.5) is 0 Å². The summed E-state index contributed by atoms with van der Waals surface area (Å²) in [6.45, 7) is 2.67. The van der Waals surface area contributed by atoms with E-state index in [0.717, 1.165) is 23.8 Å². The van der Waals surface area contributed by atoms with Crippen LogP contribution in [0.1, 0.15) is 23.1 Å². The summed E-state index contributed by atoms with van der Waals surface area (Å²) in [5.41, 5.74) is 2.37. The van der Waals surface area contributed by atoms with Crippen molar-refractivity contribution in [3.8, 4) is 0 Å². The van der Waals surface area contributed by atoms with Crippen LogP contribution in [-0.4, -0.2) is 10.9 Å². The Kier molecular flexibility index (Phi) is 2.91. The summed E-state index contributed by atoms with van der Waals surface area (Å²) in [7, 11) is 0. The highest BCUT2D eigenvalue weighted by molar-refractivity contribution is 7.99. The Bertz CT molecular complexity index is 524. The number of aryl methyl sites for hydroxylation is 1. The fourth-order valence-corrected chi connectivity index (χ4v) is 3.26. The molecule has 0 spiro atoms. The Balaban J connectivity index is 1.68. The lowest BCUT2D eigenvalue weighted by atomic mass is 10.1. The van der Waals surface area contributed by atoms with Crippen molar-refractivity contribution < 1.29 is 4.52 Å². The molecule has 3 nitrogen and oxygen atoms in total. The fourth-order valence-electron chi connectivity index (χ4n) is 2.06. The smallest absolute Gasteiger partial charge is 0.133 e. The summed E-state index contributed by atoms with van der Waals surface area (Å²) >= 11 is 1.91. The Morgan fingerprint density at radius 2 is 2.35 bits per heavy atom. The minimum atomic E-state index is 0.424. The number of nitrogens with zero attached hydrogens (tertiary/aromatic N) is 1.